The molecule has 0 radical (unpaired) electrons. The molecule has 92 valence electrons. The first kappa shape index (κ1) is 11.9. The summed E-state index contributed by atoms with van der Waals surface area (Å²) >= 11 is 0. The Bertz CT molecular complexity index is 235. The predicted octanol–water partition coefficient (Wildman–Crippen LogP) is 0.670. The SMILES string of the molecule is CC(NC(=O)CNCC1CCCO1)C1CC1. The quantitative estimate of drug-likeness (QED) is 0.700. The highest BCUT2D eigenvalue weighted by Crippen LogP contribution is 2.32. The highest BCUT2D eigenvalue weighted by Gasteiger charge is 2.28. The summed E-state index contributed by atoms with van der Waals surface area (Å²) in [4.78, 5) is 11.5. The van der Waals surface area contributed by atoms with Crippen LogP contribution in [0, 0.1) is 5.92 Å². The molecule has 0 aromatic rings. The molecule has 16 heavy (non-hydrogen) atoms. The first-order chi connectivity index (χ1) is 7.75. The van der Waals surface area contributed by atoms with E-state index in [-0.39, 0.29) is 5.91 Å². The molecular formula is C12H22N2O2. The maximum atomic E-state index is 11.5. The average molecular weight is 226 g/mol. The minimum absolute atomic E-state index is 0.109. The van der Waals surface area contributed by atoms with E-state index in [1.807, 2.05) is 0 Å². The highest BCUT2D eigenvalue weighted by molar-refractivity contribution is 5.78. The van der Waals surface area contributed by atoms with Crippen molar-refractivity contribution in [3.8, 4) is 0 Å². The molecule has 1 saturated carbocycles. The van der Waals surface area contributed by atoms with Gasteiger partial charge in [0.05, 0.1) is 12.6 Å². The van der Waals surface area contributed by atoms with E-state index in [1.165, 1.54) is 12.8 Å². The van der Waals surface area contributed by atoms with E-state index in [1.54, 1.807) is 0 Å². The van der Waals surface area contributed by atoms with E-state index in [4.69, 9.17) is 4.74 Å². The molecule has 2 N–H and O–H groups in total. The lowest BCUT2D eigenvalue weighted by atomic mass is 10.2. The van der Waals surface area contributed by atoms with E-state index >= 15 is 0 Å². The molecule has 2 fully saturated rings. The Kier molecular flexibility index (Phi) is 4.18. The molecule has 2 aliphatic rings. The third-order valence-electron chi connectivity index (χ3n) is 3.40. The van der Waals surface area contributed by atoms with Gasteiger partial charge in [0, 0.05) is 19.2 Å². The lowest BCUT2D eigenvalue weighted by Gasteiger charge is -2.14. The molecular weight excluding hydrogens is 204 g/mol. The Morgan fingerprint density at radius 2 is 2.25 bits per heavy atom. The summed E-state index contributed by atoms with van der Waals surface area (Å²) in [5, 5.41) is 6.18. The number of hydrogen-bond donors (Lipinski definition) is 2. The van der Waals surface area contributed by atoms with Gasteiger partial charge in [0.1, 0.15) is 0 Å². The van der Waals surface area contributed by atoms with Crippen molar-refractivity contribution >= 4 is 5.91 Å². The molecule has 1 aliphatic heterocycles. The van der Waals surface area contributed by atoms with Crippen LogP contribution >= 0.6 is 0 Å². The van der Waals surface area contributed by atoms with E-state index < -0.39 is 0 Å². The molecule has 1 heterocycles. The Labute approximate surface area is 97.1 Å². The summed E-state index contributed by atoms with van der Waals surface area (Å²) in [6, 6.07) is 0.344. The van der Waals surface area contributed by atoms with Crippen LogP contribution in [0.2, 0.25) is 0 Å². The minimum Gasteiger partial charge on any atom is -0.377 e. The molecule has 0 bridgehead atoms. The molecule has 1 aliphatic carbocycles. The van der Waals surface area contributed by atoms with Crippen molar-refractivity contribution in [2.45, 2.75) is 44.8 Å². The maximum absolute atomic E-state index is 11.5. The van der Waals surface area contributed by atoms with Gasteiger partial charge in [-0.3, -0.25) is 4.79 Å². The second-order valence-electron chi connectivity index (χ2n) is 4.96. The van der Waals surface area contributed by atoms with Crippen LogP contribution in [0.1, 0.15) is 32.6 Å². The van der Waals surface area contributed by atoms with Crippen molar-refractivity contribution in [3.05, 3.63) is 0 Å². The lowest BCUT2D eigenvalue weighted by Crippen LogP contribution is -2.41. The first-order valence-electron chi connectivity index (χ1n) is 6.37. The van der Waals surface area contributed by atoms with Gasteiger partial charge in [0.2, 0.25) is 5.91 Å². The van der Waals surface area contributed by atoms with Gasteiger partial charge in [-0.05, 0) is 38.5 Å². The van der Waals surface area contributed by atoms with Gasteiger partial charge < -0.3 is 15.4 Å². The summed E-state index contributed by atoms with van der Waals surface area (Å²) in [7, 11) is 0. The molecule has 2 atom stereocenters. The normalized spacial score (nSPS) is 26.7. The Morgan fingerprint density at radius 1 is 1.44 bits per heavy atom. The first-order valence-corrected chi connectivity index (χ1v) is 6.37. The number of nitrogens with one attached hydrogen (secondary N) is 2. The zero-order valence-electron chi connectivity index (χ0n) is 10.00. The van der Waals surface area contributed by atoms with Gasteiger partial charge >= 0.3 is 0 Å². The van der Waals surface area contributed by atoms with Crippen molar-refractivity contribution in [2.75, 3.05) is 19.7 Å². The molecule has 2 rings (SSSR count). The molecule has 0 aromatic carbocycles. The van der Waals surface area contributed by atoms with E-state index in [2.05, 4.69) is 17.6 Å². The molecule has 1 saturated heterocycles. The molecule has 0 spiro atoms. The third-order valence-corrected chi connectivity index (χ3v) is 3.40. The van der Waals surface area contributed by atoms with Crippen LogP contribution in [0.5, 0.6) is 0 Å². The van der Waals surface area contributed by atoms with E-state index in [9.17, 15) is 4.79 Å². The van der Waals surface area contributed by atoms with Crippen molar-refractivity contribution in [1.82, 2.24) is 10.6 Å². The van der Waals surface area contributed by atoms with Gasteiger partial charge in [-0.1, -0.05) is 0 Å². The van der Waals surface area contributed by atoms with E-state index in [0.717, 1.165) is 31.9 Å². The number of carbonyl (C=O) groups is 1. The van der Waals surface area contributed by atoms with Crippen LogP contribution in [0.4, 0.5) is 0 Å². The lowest BCUT2D eigenvalue weighted by molar-refractivity contribution is -0.121. The van der Waals surface area contributed by atoms with Gasteiger partial charge in [-0.2, -0.15) is 0 Å². The zero-order chi connectivity index (χ0) is 11.4. The Hall–Kier alpha value is -0.610. The van der Waals surface area contributed by atoms with Crippen LogP contribution in [-0.4, -0.2) is 37.7 Å². The van der Waals surface area contributed by atoms with Crippen LogP contribution in [-0.2, 0) is 9.53 Å². The molecule has 2 unspecified atom stereocenters. The number of carbonyl (C=O) groups excluding carboxylic acids is 1. The van der Waals surface area contributed by atoms with E-state index in [0.29, 0.717) is 18.7 Å². The summed E-state index contributed by atoms with van der Waals surface area (Å²) in [6.07, 6.45) is 5.12. The molecule has 0 aromatic heterocycles. The number of hydrogen-bond acceptors (Lipinski definition) is 3. The predicted molar refractivity (Wildman–Crippen MR) is 62.2 cm³/mol. The van der Waals surface area contributed by atoms with Crippen LogP contribution in [0.15, 0.2) is 0 Å². The Balaban J connectivity index is 1.52. The smallest absolute Gasteiger partial charge is 0.234 e. The molecule has 4 heteroatoms. The van der Waals surface area contributed by atoms with Crippen LogP contribution in [0.3, 0.4) is 0 Å². The maximum Gasteiger partial charge on any atom is 0.234 e. The van der Waals surface area contributed by atoms with Crippen LogP contribution in [0.25, 0.3) is 0 Å². The Morgan fingerprint density at radius 3 is 2.88 bits per heavy atom. The molecule has 4 nitrogen and oxygen atoms in total. The number of ether oxygens (including phenoxy) is 1. The second-order valence-corrected chi connectivity index (χ2v) is 4.96. The largest absolute Gasteiger partial charge is 0.377 e. The standard InChI is InChI=1S/C12H22N2O2/c1-9(10-4-5-10)14-12(15)8-13-7-11-3-2-6-16-11/h9-11,13H,2-8H2,1H3,(H,14,15). The average Bonchev–Trinajstić information content (AvgIpc) is 2.98. The van der Waals surface area contributed by atoms with Crippen molar-refractivity contribution < 1.29 is 9.53 Å². The summed E-state index contributed by atoms with van der Waals surface area (Å²) in [5.74, 6) is 0.833. The van der Waals surface area contributed by atoms with Gasteiger partial charge in [0.15, 0.2) is 0 Å². The second kappa shape index (κ2) is 5.64. The fraction of sp³-hybridized carbons (Fsp3) is 0.917. The number of rotatable bonds is 6. The van der Waals surface area contributed by atoms with Gasteiger partial charge in [-0.25, -0.2) is 0 Å². The van der Waals surface area contributed by atoms with Crippen LogP contribution < -0.4 is 10.6 Å². The summed E-state index contributed by atoms with van der Waals surface area (Å²) in [5.41, 5.74) is 0. The third kappa shape index (κ3) is 3.76. The van der Waals surface area contributed by atoms with Gasteiger partial charge in [-0.15, -0.1) is 0 Å². The number of amides is 1. The fourth-order valence-electron chi connectivity index (χ4n) is 2.17. The minimum atomic E-state index is 0.109. The highest BCUT2D eigenvalue weighted by atomic mass is 16.5. The summed E-state index contributed by atoms with van der Waals surface area (Å²) < 4.78 is 5.47. The molecule has 1 amide bonds. The zero-order valence-corrected chi connectivity index (χ0v) is 10.00. The topological polar surface area (TPSA) is 50.4 Å². The van der Waals surface area contributed by atoms with Crippen molar-refractivity contribution in [3.63, 3.8) is 0 Å². The fourth-order valence-corrected chi connectivity index (χ4v) is 2.17. The summed E-state index contributed by atoms with van der Waals surface area (Å²) in [6.45, 7) is 4.18. The van der Waals surface area contributed by atoms with Crippen molar-refractivity contribution in [2.24, 2.45) is 5.92 Å². The monoisotopic (exact) mass is 226 g/mol. The van der Waals surface area contributed by atoms with Gasteiger partial charge in [0.25, 0.3) is 0 Å². The van der Waals surface area contributed by atoms with Crippen molar-refractivity contribution in [1.29, 1.82) is 0 Å².